The molecule has 0 saturated heterocycles. The first-order valence-electron chi connectivity index (χ1n) is 7.55. The largest absolute Gasteiger partial charge is 0.487 e. The van der Waals surface area contributed by atoms with E-state index in [0.29, 0.717) is 6.61 Å². The van der Waals surface area contributed by atoms with Crippen LogP contribution in [0.15, 0.2) is 51.4 Å². The summed E-state index contributed by atoms with van der Waals surface area (Å²) in [6, 6.07) is 14.3. The molecule has 0 aliphatic rings. The highest BCUT2D eigenvalue weighted by atomic mass is 79.9. The van der Waals surface area contributed by atoms with Crippen LogP contribution in [-0.2, 0) is 17.9 Å². The van der Waals surface area contributed by atoms with Crippen molar-refractivity contribution < 1.29 is 9.47 Å². The second-order valence-electron chi connectivity index (χ2n) is 5.19. The van der Waals surface area contributed by atoms with Gasteiger partial charge < -0.3 is 14.8 Å². The molecule has 0 fully saturated rings. The van der Waals surface area contributed by atoms with E-state index in [1.165, 1.54) is 5.56 Å². The molecular weight excluding hydrogens is 422 g/mol. The van der Waals surface area contributed by atoms with Crippen molar-refractivity contribution in [2.45, 2.75) is 19.6 Å². The molecule has 2 aromatic rings. The third-order valence-corrected chi connectivity index (χ3v) is 4.49. The molecule has 0 aromatic heterocycles. The minimum Gasteiger partial charge on any atom is -0.487 e. The second-order valence-corrected chi connectivity index (χ2v) is 6.89. The molecule has 5 heteroatoms. The summed E-state index contributed by atoms with van der Waals surface area (Å²) in [5, 5.41) is 3.41. The highest BCUT2D eigenvalue weighted by molar-refractivity contribution is 9.11. The molecule has 23 heavy (non-hydrogen) atoms. The van der Waals surface area contributed by atoms with Crippen molar-refractivity contribution in [1.82, 2.24) is 5.32 Å². The second kappa shape index (κ2) is 10.1. The molecule has 0 spiro atoms. The van der Waals surface area contributed by atoms with Crippen LogP contribution in [0.2, 0.25) is 0 Å². The van der Waals surface area contributed by atoms with Gasteiger partial charge in [0, 0.05) is 20.3 Å². The van der Waals surface area contributed by atoms with Crippen molar-refractivity contribution in [3.05, 3.63) is 62.5 Å². The fourth-order valence-electron chi connectivity index (χ4n) is 2.16. The van der Waals surface area contributed by atoms with Crippen LogP contribution in [0.1, 0.15) is 17.5 Å². The molecule has 3 nitrogen and oxygen atoms in total. The lowest BCUT2D eigenvalue weighted by Gasteiger charge is -2.13. The summed E-state index contributed by atoms with van der Waals surface area (Å²) >= 11 is 7.21. The first-order chi connectivity index (χ1) is 11.2. The average molecular weight is 443 g/mol. The molecule has 0 bridgehead atoms. The van der Waals surface area contributed by atoms with Crippen molar-refractivity contribution in [2.24, 2.45) is 0 Å². The molecule has 0 saturated carbocycles. The van der Waals surface area contributed by atoms with Gasteiger partial charge in [-0.25, -0.2) is 0 Å². The smallest absolute Gasteiger partial charge is 0.148 e. The zero-order valence-corrected chi connectivity index (χ0v) is 16.3. The molecule has 0 amide bonds. The lowest BCUT2D eigenvalue weighted by Crippen LogP contribution is -2.16. The van der Waals surface area contributed by atoms with Gasteiger partial charge in [-0.15, -0.1) is 0 Å². The molecular formula is C18H21Br2NO2. The van der Waals surface area contributed by atoms with Crippen molar-refractivity contribution in [3.8, 4) is 5.75 Å². The number of benzene rings is 2. The number of halogens is 2. The van der Waals surface area contributed by atoms with E-state index in [0.717, 1.165) is 46.4 Å². The van der Waals surface area contributed by atoms with Gasteiger partial charge in [0.15, 0.2) is 0 Å². The Kier molecular flexibility index (Phi) is 8.09. The zero-order valence-electron chi connectivity index (χ0n) is 13.1. The first kappa shape index (κ1) is 18.5. The molecule has 0 aliphatic carbocycles. The number of ether oxygens (including phenoxy) is 2. The molecule has 2 rings (SSSR count). The Morgan fingerprint density at radius 3 is 2.35 bits per heavy atom. The fourth-order valence-corrected chi connectivity index (χ4v) is 3.67. The predicted octanol–water partition coefficient (Wildman–Crippen LogP) is 4.92. The Balaban J connectivity index is 1.91. The van der Waals surface area contributed by atoms with Gasteiger partial charge in [-0.1, -0.05) is 30.3 Å². The van der Waals surface area contributed by atoms with E-state index >= 15 is 0 Å². The summed E-state index contributed by atoms with van der Waals surface area (Å²) in [5.41, 5.74) is 2.35. The summed E-state index contributed by atoms with van der Waals surface area (Å²) < 4.78 is 12.9. The van der Waals surface area contributed by atoms with Gasteiger partial charge >= 0.3 is 0 Å². The third-order valence-electron chi connectivity index (χ3n) is 3.32. The van der Waals surface area contributed by atoms with Gasteiger partial charge in [0.2, 0.25) is 0 Å². The molecule has 124 valence electrons. The van der Waals surface area contributed by atoms with E-state index in [1.54, 1.807) is 7.11 Å². The highest BCUT2D eigenvalue weighted by Crippen LogP contribution is 2.35. The van der Waals surface area contributed by atoms with Gasteiger partial charge in [0.05, 0.1) is 8.95 Å². The molecule has 0 atom stereocenters. The Morgan fingerprint density at radius 2 is 1.70 bits per heavy atom. The van der Waals surface area contributed by atoms with Gasteiger partial charge in [-0.3, -0.25) is 0 Å². The van der Waals surface area contributed by atoms with Gasteiger partial charge in [0.1, 0.15) is 12.4 Å². The summed E-state index contributed by atoms with van der Waals surface area (Å²) in [6.07, 6.45) is 1.01. The summed E-state index contributed by atoms with van der Waals surface area (Å²) in [7, 11) is 1.72. The highest BCUT2D eigenvalue weighted by Gasteiger charge is 2.09. The standard InChI is InChI=1S/C18H21Br2NO2/c1-22-9-5-8-21-12-15-10-16(19)18(17(20)11-15)23-13-14-6-3-2-4-7-14/h2-4,6-7,10-11,21H,5,8-9,12-13H2,1H3. The molecule has 0 heterocycles. The van der Waals surface area contributed by atoms with E-state index in [2.05, 4.69) is 61.4 Å². The van der Waals surface area contributed by atoms with E-state index in [1.807, 2.05) is 18.2 Å². The quantitative estimate of drug-likeness (QED) is 0.559. The van der Waals surface area contributed by atoms with E-state index in [9.17, 15) is 0 Å². The Morgan fingerprint density at radius 1 is 1.00 bits per heavy atom. The number of hydrogen-bond donors (Lipinski definition) is 1. The minimum absolute atomic E-state index is 0.548. The monoisotopic (exact) mass is 441 g/mol. The number of methoxy groups -OCH3 is 1. The molecule has 0 aliphatic heterocycles. The summed E-state index contributed by atoms with van der Waals surface area (Å²) in [5.74, 6) is 0.831. The Labute approximate surface area is 154 Å². The fraction of sp³-hybridized carbons (Fsp3) is 0.333. The van der Waals surface area contributed by atoms with Crippen LogP contribution < -0.4 is 10.1 Å². The number of nitrogens with one attached hydrogen (secondary N) is 1. The topological polar surface area (TPSA) is 30.5 Å². The van der Waals surface area contributed by atoms with Crippen LogP contribution in [0.4, 0.5) is 0 Å². The normalized spacial score (nSPS) is 10.7. The third kappa shape index (κ3) is 6.26. The molecule has 0 radical (unpaired) electrons. The van der Waals surface area contributed by atoms with Crippen LogP contribution in [0.3, 0.4) is 0 Å². The Hall–Kier alpha value is -0.880. The van der Waals surface area contributed by atoms with E-state index in [4.69, 9.17) is 9.47 Å². The van der Waals surface area contributed by atoms with Crippen molar-refractivity contribution >= 4 is 31.9 Å². The van der Waals surface area contributed by atoms with Gasteiger partial charge in [-0.05, 0) is 68.1 Å². The van der Waals surface area contributed by atoms with Gasteiger partial charge in [0.25, 0.3) is 0 Å². The van der Waals surface area contributed by atoms with E-state index in [-0.39, 0.29) is 0 Å². The maximum absolute atomic E-state index is 5.94. The maximum Gasteiger partial charge on any atom is 0.148 e. The van der Waals surface area contributed by atoms with Crippen LogP contribution in [0, 0.1) is 0 Å². The number of rotatable bonds is 9. The van der Waals surface area contributed by atoms with Gasteiger partial charge in [-0.2, -0.15) is 0 Å². The molecule has 0 unspecified atom stereocenters. The predicted molar refractivity (Wildman–Crippen MR) is 101 cm³/mol. The van der Waals surface area contributed by atoms with Crippen LogP contribution in [-0.4, -0.2) is 20.3 Å². The molecule has 1 N–H and O–H groups in total. The summed E-state index contributed by atoms with van der Waals surface area (Å²) in [6.45, 7) is 3.09. The lowest BCUT2D eigenvalue weighted by molar-refractivity contribution is 0.194. The summed E-state index contributed by atoms with van der Waals surface area (Å²) in [4.78, 5) is 0. The van der Waals surface area contributed by atoms with Crippen molar-refractivity contribution in [2.75, 3.05) is 20.3 Å². The zero-order chi connectivity index (χ0) is 16.5. The van der Waals surface area contributed by atoms with Crippen LogP contribution >= 0.6 is 31.9 Å². The maximum atomic E-state index is 5.94. The first-order valence-corrected chi connectivity index (χ1v) is 9.13. The lowest BCUT2D eigenvalue weighted by atomic mass is 10.2. The van der Waals surface area contributed by atoms with E-state index < -0.39 is 0 Å². The number of hydrogen-bond acceptors (Lipinski definition) is 3. The van der Waals surface area contributed by atoms with Crippen molar-refractivity contribution in [3.63, 3.8) is 0 Å². The Bertz CT molecular complexity index is 582. The minimum atomic E-state index is 0.548. The van der Waals surface area contributed by atoms with Crippen LogP contribution in [0.5, 0.6) is 5.75 Å². The van der Waals surface area contributed by atoms with Crippen LogP contribution in [0.25, 0.3) is 0 Å². The molecule has 2 aromatic carbocycles. The average Bonchev–Trinajstić information content (AvgIpc) is 2.55. The van der Waals surface area contributed by atoms with Crippen molar-refractivity contribution in [1.29, 1.82) is 0 Å². The SMILES string of the molecule is COCCCNCc1cc(Br)c(OCc2ccccc2)c(Br)c1.